The van der Waals surface area contributed by atoms with Crippen LogP contribution < -0.4 is 15.0 Å². The molecular weight excluding hydrogens is 424 g/mol. The highest BCUT2D eigenvalue weighted by molar-refractivity contribution is 7.90. The monoisotopic (exact) mass is 439 g/mol. The van der Waals surface area contributed by atoms with Crippen LogP contribution in [0, 0.1) is 11.6 Å². The second-order valence-corrected chi connectivity index (χ2v) is 8.93. The highest BCUT2D eigenvalue weighted by atomic mass is 32.2. The zero-order valence-electron chi connectivity index (χ0n) is 15.2. The molecule has 11 heteroatoms. The number of carbonyl (C=O) groups excluding carboxylic acids is 1. The van der Waals surface area contributed by atoms with E-state index in [-0.39, 0.29) is 21.5 Å². The molecule has 2 aromatic carbocycles. The number of benzene rings is 2. The standard InChI is InChI=1S/C18H15F2N3O4S2/c1-23(15-9-13(29(2,25)26)6-7-14(15)20)18(24)22-17-21-10-16(28-17)27-12-5-3-4-11(19)8-12/h3-10H,1-2H3,(H,21,22,24). The molecule has 1 heterocycles. The average molecular weight is 439 g/mol. The van der Waals surface area contributed by atoms with Gasteiger partial charge in [-0.25, -0.2) is 27.0 Å². The molecule has 0 spiro atoms. The van der Waals surface area contributed by atoms with Gasteiger partial charge in [0.05, 0.1) is 16.8 Å². The Morgan fingerprint density at radius 2 is 1.97 bits per heavy atom. The summed E-state index contributed by atoms with van der Waals surface area (Å²) in [7, 11) is -2.28. The summed E-state index contributed by atoms with van der Waals surface area (Å²) >= 11 is 0.982. The lowest BCUT2D eigenvalue weighted by molar-refractivity contribution is 0.258. The molecule has 0 atom stereocenters. The Labute approximate surface area is 169 Å². The number of nitrogens with zero attached hydrogens (tertiary/aromatic N) is 2. The van der Waals surface area contributed by atoms with E-state index in [2.05, 4.69) is 10.3 Å². The van der Waals surface area contributed by atoms with Gasteiger partial charge in [0.25, 0.3) is 0 Å². The molecule has 0 bridgehead atoms. The van der Waals surface area contributed by atoms with Crippen LogP contribution in [0.2, 0.25) is 0 Å². The van der Waals surface area contributed by atoms with Crippen molar-refractivity contribution in [3.8, 4) is 10.8 Å². The molecule has 3 rings (SSSR count). The maximum absolute atomic E-state index is 14.1. The highest BCUT2D eigenvalue weighted by Crippen LogP contribution is 2.31. The van der Waals surface area contributed by atoms with Crippen LogP contribution in [0.3, 0.4) is 0 Å². The van der Waals surface area contributed by atoms with Crippen molar-refractivity contribution in [3.05, 3.63) is 60.3 Å². The van der Waals surface area contributed by atoms with Crippen LogP contribution in [0.4, 0.5) is 24.4 Å². The number of halogens is 2. The van der Waals surface area contributed by atoms with Crippen molar-refractivity contribution >= 4 is 38.0 Å². The van der Waals surface area contributed by atoms with Gasteiger partial charge in [0.1, 0.15) is 17.4 Å². The number of aromatic nitrogens is 1. The van der Waals surface area contributed by atoms with E-state index in [1.165, 1.54) is 31.4 Å². The minimum atomic E-state index is -3.57. The number of urea groups is 1. The second-order valence-electron chi connectivity index (χ2n) is 5.92. The summed E-state index contributed by atoms with van der Waals surface area (Å²) < 4.78 is 56.1. The largest absolute Gasteiger partial charge is 0.445 e. The normalized spacial score (nSPS) is 11.2. The van der Waals surface area contributed by atoms with Crippen LogP contribution in [0.1, 0.15) is 0 Å². The molecule has 0 saturated carbocycles. The minimum Gasteiger partial charge on any atom is -0.445 e. The van der Waals surface area contributed by atoms with Gasteiger partial charge < -0.3 is 4.74 Å². The number of hydrogen-bond donors (Lipinski definition) is 1. The van der Waals surface area contributed by atoms with Crippen molar-refractivity contribution in [1.82, 2.24) is 4.98 Å². The van der Waals surface area contributed by atoms with E-state index in [1.807, 2.05) is 0 Å². The second kappa shape index (κ2) is 8.13. The topological polar surface area (TPSA) is 88.6 Å². The molecule has 1 aromatic heterocycles. The summed E-state index contributed by atoms with van der Waals surface area (Å²) in [5.74, 6) is -0.951. The molecule has 3 aromatic rings. The molecule has 0 aliphatic heterocycles. The van der Waals surface area contributed by atoms with Gasteiger partial charge in [0.2, 0.25) is 5.06 Å². The third-order valence-electron chi connectivity index (χ3n) is 3.72. The number of rotatable bonds is 5. The van der Waals surface area contributed by atoms with Crippen LogP contribution in [0.15, 0.2) is 53.6 Å². The van der Waals surface area contributed by atoms with Crippen molar-refractivity contribution in [3.63, 3.8) is 0 Å². The number of anilines is 2. The van der Waals surface area contributed by atoms with E-state index in [1.54, 1.807) is 6.07 Å². The predicted octanol–water partition coefficient (Wildman–Crippen LogP) is 4.29. The Morgan fingerprint density at radius 3 is 2.66 bits per heavy atom. The van der Waals surface area contributed by atoms with E-state index >= 15 is 0 Å². The molecule has 0 saturated heterocycles. The van der Waals surface area contributed by atoms with Crippen LogP contribution in [-0.4, -0.2) is 32.7 Å². The van der Waals surface area contributed by atoms with Crippen LogP contribution >= 0.6 is 11.3 Å². The molecule has 0 radical (unpaired) electrons. The van der Waals surface area contributed by atoms with Crippen molar-refractivity contribution in [2.45, 2.75) is 4.90 Å². The zero-order valence-corrected chi connectivity index (χ0v) is 16.9. The van der Waals surface area contributed by atoms with Crippen molar-refractivity contribution in [2.24, 2.45) is 0 Å². The maximum Gasteiger partial charge on any atom is 0.327 e. The van der Waals surface area contributed by atoms with Crippen molar-refractivity contribution in [2.75, 3.05) is 23.5 Å². The average Bonchev–Trinajstić information content (AvgIpc) is 3.07. The van der Waals surface area contributed by atoms with Gasteiger partial charge in [0, 0.05) is 19.4 Å². The van der Waals surface area contributed by atoms with Gasteiger partial charge in [-0.05, 0) is 30.3 Å². The Balaban J connectivity index is 1.73. The first-order valence-corrected chi connectivity index (χ1v) is 10.8. The fourth-order valence-electron chi connectivity index (χ4n) is 2.28. The number of carbonyl (C=O) groups is 1. The number of hydrogen-bond acceptors (Lipinski definition) is 6. The number of ether oxygens (including phenoxy) is 1. The van der Waals surface area contributed by atoms with Gasteiger partial charge in [-0.2, -0.15) is 0 Å². The minimum absolute atomic E-state index is 0.117. The van der Waals surface area contributed by atoms with Crippen LogP contribution in [-0.2, 0) is 9.84 Å². The Morgan fingerprint density at radius 1 is 1.21 bits per heavy atom. The fourth-order valence-corrected chi connectivity index (χ4v) is 3.59. The maximum atomic E-state index is 14.1. The summed E-state index contributed by atoms with van der Waals surface area (Å²) in [6.45, 7) is 0. The van der Waals surface area contributed by atoms with E-state index in [9.17, 15) is 22.0 Å². The smallest absolute Gasteiger partial charge is 0.327 e. The summed E-state index contributed by atoms with van der Waals surface area (Å²) in [5, 5.41) is 2.93. The van der Waals surface area contributed by atoms with Crippen molar-refractivity contribution in [1.29, 1.82) is 0 Å². The molecular formula is C18H15F2N3O4S2. The third kappa shape index (κ3) is 5.06. The van der Waals surface area contributed by atoms with E-state index in [4.69, 9.17) is 4.74 Å². The molecule has 2 amide bonds. The summed E-state index contributed by atoms with van der Waals surface area (Å²) in [5.41, 5.74) is -0.210. The summed E-state index contributed by atoms with van der Waals surface area (Å²) in [6, 6.07) is 7.96. The molecule has 152 valence electrons. The molecule has 0 aliphatic rings. The Kier molecular flexibility index (Phi) is 5.80. The molecule has 0 unspecified atom stereocenters. The predicted molar refractivity (Wildman–Crippen MR) is 106 cm³/mol. The number of amides is 2. The number of thiazole rings is 1. The fraction of sp³-hybridized carbons (Fsp3) is 0.111. The van der Waals surface area contributed by atoms with Crippen LogP contribution in [0.25, 0.3) is 0 Å². The third-order valence-corrected chi connectivity index (χ3v) is 5.63. The quantitative estimate of drug-likeness (QED) is 0.600. The first-order chi connectivity index (χ1) is 13.6. The van der Waals surface area contributed by atoms with Gasteiger partial charge >= 0.3 is 6.03 Å². The summed E-state index contributed by atoms with van der Waals surface area (Å²) in [6.07, 6.45) is 2.33. The SMILES string of the molecule is CN(C(=O)Nc1ncc(Oc2cccc(F)c2)s1)c1cc(S(C)(=O)=O)ccc1F. The number of nitrogens with one attached hydrogen (secondary N) is 1. The molecule has 0 aliphatic carbocycles. The lowest BCUT2D eigenvalue weighted by Crippen LogP contribution is -2.31. The van der Waals surface area contributed by atoms with Gasteiger partial charge in [-0.3, -0.25) is 10.2 Å². The number of sulfone groups is 1. The molecule has 7 nitrogen and oxygen atoms in total. The zero-order chi connectivity index (χ0) is 21.2. The van der Waals surface area contributed by atoms with Gasteiger partial charge in [-0.15, -0.1) is 0 Å². The molecule has 1 N–H and O–H groups in total. The van der Waals surface area contributed by atoms with E-state index in [0.29, 0.717) is 5.06 Å². The van der Waals surface area contributed by atoms with E-state index < -0.39 is 27.5 Å². The lowest BCUT2D eigenvalue weighted by Gasteiger charge is -2.18. The lowest BCUT2D eigenvalue weighted by atomic mass is 10.3. The Hall–Kier alpha value is -3.05. The molecule has 0 fully saturated rings. The first-order valence-electron chi connectivity index (χ1n) is 8.07. The molecule has 29 heavy (non-hydrogen) atoms. The van der Waals surface area contributed by atoms with E-state index in [0.717, 1.165) is 40.7 Å². The van der Waals surface area contributed by atoms with Crippen molar-refractivity contribution < 1.29 is 26.7 Å². The highest BCUT2D eigenvalue weighted by Gasteiger charge is 2.19. The summed E-state index contributed by atoms with van der Waals surface area (Å²) in [4.78, 5) is 17.2. The van der Waals surface area contributed by atoms with Gasteiger partial charge in [-0.1, -0.05) is 17.4 Å². The van der Waals surface area contributed by atoms with Gasteiger partial charge in [0.15, 0.2) is 15.0 Å². The van der Waals surface area contributed by atoms with Crippen LogP contribution in [0.5, 0.6) is 10.8 Å². The Bertz CT molecular complexity index is 1170. The first kappa shape index (κ1) is 20.7.